The van der Waals surface area contributed by atoms with Gasteiger partial charge in [0.05, 0.1) is 12.1 Å². The Kier molecular flexibility index (Phi) is 6.07. The monoisotopic (exact) mass is 354 g/mol. The van der Waals surface area contributed by atoms with Crippen LogP contribution < -0.4 is 14.8 Å². The van der Waals surface area contributed by atoms with E-state index in [2.05, 4.69) is 10.3 Å². The fraction of sp³-hybridized carbons (Fsp3) is 0.250. The van der Waals surface area contributed by atoms with Crippen LogP contribution in [0.3, 0.4) is 0 Å². The molecular weight excluding hydrogens is 339 g/mol. The molecule has 5 nitrogen and oxygen atoms in total. The second-order valence-electron chi connectivity index (χ2n) is 4.72. The van der Waals surface area contributed by atoms with Gasteiger partial charge in [-0.25, -0.2) is 4.98 Å². The van der Waals surface area contributed by atoms with E-state index in [1.807, 2.05) is 6.07 Å². The van der Waals surface area contributed by atoms with Crippen LogP contribution in [0.1, 0.15) is 12.5 Å². The molecule has 0 aliphatic carbocycles. The lowest BCUT2D eigenvalue weighted by Crippen LogP contribution is -2.36. The Hall–Kier alpha value is -1.98. The highest BCUT2D eigenvalue weighted by Crippen LogP contribution is 2.28. The van der Waals surface area contributed by atoms with Crippen LogP contribution in [-0.4, -0.2) is 24.1 Å². The number of nitrogens with one attached hydrogen (secondary N) is 1. The van der Waals surface area contributed by atoms with Gasteiger partial charge in [-0.05, 0) is 31.2 Å². The molecular formula is C16H16Cl2N2O3. The third-order valence-electron chi connectivity index (χ3n) is 3.06. The maximum Gasteiger partial charge on any atom is 0.261 e. The summed E-state index contributed by atoms with van der Waals surface area (Å²) in [5.74, 6) is 0.599. The number of nitrogens with zero attached hydrogens (tertiary/aromatic N) is 1. The molecule has 1 aromatic heterocycles. The number of pyridine rings is 1. The minimum absolute atomic E-state index is 0.276. The van der Waals surface area contributed by atoms with Gasteiger partial charge in [0.2, 0.25) is 5.88 Å². The lowest BCUT2D eigenvalue weighted by atomic mass is 10.2. The van der Waals surface area contributed by atoms with E-state index in [1.54, 1.807) is 37.4 Å². The first-order valence-electron chi connectivity index (χ1n) is 6.88. The summed E-state index contributed by atoms with van der Waals surface area (Å²) in [4.78, 5) is 16.2. The SMILES string of the molecule is COc1ncccc1CNC(=O)C(C)Oc1ccc(Cl)cc1Cl. The van der Waals surface area contributed by atoms with Gasteiger partial charge >= 0.3 is 0 Å². The molecule has 23 heavy (non-hydrogen) atoms. The fourth-order valence-electron chi connectivity index (χ4n) is 1.88. The van der Waals surface area contributed by atoms with Crippen molar-refractivity contribution in [2.45, 2.75) is 19.6 Å². The average molecular weight is 355 g/mol. The van der Waals surface area contributed by atoms with Crippen molar-refractivity contribution in [3.63, 3.8) is 0 Å². The molecule has 2 aromatic rings. The summed E-state index contributed by atoms with van der Waals surface area (Å²) >= 11 is 11.8. The highest BCUT2D eigenvalue weighted by atomic mass is 35.5. The van der Waals surface area contributed by atoms with Crippen molar-refractivity contribution in [2.24, 2.45) is 0 Å². The van der Waals surface area contributed by atoms with Crippen LogP contribution in [0, 0.1) is 0 Å². The number of benzene rings is 1. The molecule has 0 saturated carbocycles. The molecule has 1 unspecified atom stereocenters. The second kappa shape index (κ2) is 8.04. The molecule has 0 fully saturated rings. The zero-order valence-electron chi connectivity index (χ0n) is 12.7. The number of hydrogen-bond donors (Lipinski definition) is 1. The largest absolute Gasteiger partial charge is 0.481 e. The lowest BCUT2D eigenvalue weighted by Gasteiger charge is -2.16. The molecule has 1 amide bonds. The van der Waals surface area contributed by atoms with Gasteiger partial charge in [0.1, 0.15) is 5.75 Å². The molecule has 0 bridgehead atoms. The summed E-state index contributed by atoms with van der Waals surface area (Å²) in [6.07, 6.45) is 0.912. The first kappa shape index (κ1) is 17.4. The molecule has 7 heteroatoms. The smallest absolute Gasteiger partial charge is 0.261 e. The maximum atomic E-state index is 12.1. The molecule has 0 aliphatic heterocycles. The molecule has 2 rings (SSSR count). The van der Waals surface area contributed by atoms with E-state index in [-0.39, 0.29) is 12.5 Å². The Morgan fingerprint density at radius 2 is 2.13 bits per heavy atom. The number of carbonyl (C=O) groups is 1. The van der Waals surface area contributed by atoms with Crippen LogP contribution in [0.5, 0.6) is 11.6 Å². The molecule has 0 aliphatic rings. The normalized spacial score (nSPS) is 11.7. The van der Waals surface area contributed by atoms with Crippen molar-refractivity contribution >= 4 is 29.1 Å². The van der Waals surface area contributed by atoms with Gasteiger partial charge in [-0.3, -0.25) is 4.79 Å². The molecule has 0 spiro atoms. The molecule has 0 saturated heterocycles. The number of aromatic nitrogens is 1. The zero-order valence-corrected chi connectivity index (χ0v) is 14.2. The predicted octanol–water partition coefficient (Wildman–Crippen LogP) is 3.48. The van der Waals surface area contributed by atoms with Crippen molar-refractivity contribution < 1.29 is 14.3 Å². The quantitative estimate of drug-likeness (QED) is 0.862. The Bertz CT molecular complexity index is 695. The molecule has 1 N–H and O–H groups in total. The number of halogens is 2. The number of methoxy groups -OCH3 is 1. The molecule has 0 radical (unpaired) electrons. The minimum Gasteiger partial charge on any atom is -0.481 e. The minimum atomic E-state index is -0.712. The molecule has 1 heterocycles. The molecule has 1 aromatic carbocycles. The summed E-state index contributed by atoms with van der Waals surface area (Å²) in [7, 11) is 1.53. The Morgan fingerprint density at radius 1 is 1.35 bits per heavy atom. The van der Waals surface area contributed by atoms with Crippen molar-refractivity contribution in [3.8, 4) is 11.6 Å². The Labute approximate surface area is 144 Å². The van der Waals surface area contributed by atoms with E-state index in [9.17, 15) is 4.79 Å². The summed E-state index contributed by atoms with van der Waals surface area (Å²) in [5.41, 5.74) is 0.778. The van der Waals surface area contributed by atoms with Crippen molar-refractivity contribution in [1.29, 1.82) is 0 Å². The highest BCUT2D eigenvalue weighted by molar-refractivity contribution is 6.35. The maximum absolute atomic E-state index is 12.1. The second-order valence-corrected chi connectivity index (χ2v) is 5.57. The lowest BCUT2D eigenvalue weighted by molar-refractivity contribution is -0.127. The van der Waals surface area contributed by atoms with Gasteiger partial charge in [0.15, 0.2) is 6.10 Å². The average Bonchev–Trinajstić information content (AvgIpc) is 2.55. The van der Waals surface area contributed by atoms with E-state index in [0.29, 0.717) is 21.7 Å². The van der Waals surface area contributed by atoms with Gasteiger partial charge in [0.25, 0.3) is 5.91 Å². The van der Waals surface area contributed by atoms with E-state index in [4.69, 9.17) is 32.7 Å². The summed E-state index contributed by atoms with van der Waals surface area (Å²) in [5, 5.41) is 3.63. The number of ether oxygens (including phenoxy) is 2. The van der Waals surface area contributed by atoms with E-state index < -0.39 is 6.10 Å². The van der Waals surface area contributed by atoms with E-state index in [0.717, 1.165) is 5.56 Å². The predicted molar refractivity (Wildman–Crippen MR) is 89.2 cm³/mol. The van der Waals surface area contributed by atoms with Crippen LogP contribution in [0.25, 0.3) is 0 Å². The number of rotatable bonds is 6. The molecule has 122 valence electrons. The van der Waals surface area contributed by atoms with Gasteiger partial charge in [-0.15, -0.1) is 0 Å². The van der Waals surface area contributed by atoms with Gasteiger partial charge < -0.3 is 14.8 Å². The fourth-order valence-corrected chi connectivity index (χ4v) is 2.34. The van der Waals surface area contributed by atoms with Crippen LogP contribution in [0.2, 0.25) is 10.0 Å². The van der Waals surface area contributed by atoms with Crippen LogP contribution in [-0.2, 0) is 11.3 Å². The summed E-state index contributed by atoms with van der Waals surface area (Å²) < 4.78 is 10.7. The van der Waals surface area contributed by atoms with Crippen molar-refractivity contribution in [3.05, 3.63) is 52.1 Å². The Balaban J connectivity index is 1.95. The molecule has 1 atom stereocenters. The number of hydrogen-bond acceptors (Lipinski definition) is 4. The van der Waals surface area contributed by atoms with Gasteiger partial charge in [-0.1, -0.05) is 29.3 Å². The van der Waals surface area contributed by atoms with E-state index >= 15 is 0 Å². The van der Waals surface area contributed by atoms with Crippen molar-refractivity contribution in [1.82, 2.24) is 10.3 Å². The number of amides is 1. The topological polar surface area (TPSA) is 60.5 Å². The van der Waals surface area contributed by atoms with Crippen LogP contribution in [0.15, 0.2) is 36.5 Å². The highest BCUT2D eigenvalue weighted by Gasteiger charge is 2.16. The third-order valence-corrected chi connectivity index (χ3v) is 3.59. The Morgan fingerprint density at radius 3 is 2.83 bits per heavy atom. The van der Waals surface area contributed by atoms with Crippen molar-refractivity contribution in [2.75, 3.05) is 7.11 Å². The summed E-state index contributed by atoms with van der Waals surface area (Å²) in [6, 6.07) is 8.43. The number of carbonyl (C=O) groups excluding carboxylic acids is 1. The first-order chi connectivity index (χ1) is 11.0. The summed E-state index contributed by atoms with van der Waals surface area (Å²) in [6.45, 7) is 1.93. The van der Waals surface area contributed by atoms with Gasteiger partial charge in [0, 0.05) is 23.3 Å². The third kappa shape index (κ3) is 4.74. The van der Waals surface area contributed by atoms with Crippen LogP contribution >= 0.6 is 23.2 Å². The van der Waals surface area contributed by atoms with E-state index in [1.165, 1.54) is 7.11 Å². The standard InChI is InChI=1S/C16H16Cl2N2O3/c1-10(23-14-6-5-12(17)8-13(14)18)15(21)20-9-11-4-3-7-19-16(11)22-2/h3-8,10H,9H2,1-2H3,(H,20,21). The van der Waals surface area contributed by atoms with Gasteiger partial charge in [-0.2, -0.15) is 0 Å². The zero-order chi connectivity index (χ0) is 16.8. The van der Waals surface area contributed by atoms with Crippen LogP contribution in [0.4, 0.5) is 0 Å². The first-order valence-corrected chi connectivity index (χ1v) is 7.64.